The highest BCUT2D eigenvalue weighted by Crippen LogP contribution is 2.25. The Hall–Kier alpha value is -4.81. The molecule has 0 radical (unpaired) electrons. The number of hydroxylamine groups is 2. The molecule has 0 bridgehead atoms. The summed E-state index contributed by atoms with van der Waals surface area (Å²) in [7, 11) is 0. The van der Waals surface area contributed by atoms with E-state index in [1.807, 2.05) is 0 Å². The lowest BCUT2D eigenvalue weighted by molar-refractivity contribution is -0.151. The number of amides is 5. The van der Waals surface area contributed by atoms with Gasteiger partial charge in [0.1, 0.15) is 30.5 Å². The molecule has 1 fully saturated rings. The van der Waals surface area contributed by atoms with Crippen LogP contribution in [0.4, 0.5) is 0 Å². The molecular weight excluding hydrogens is 622 g/mol. The highest BCUT2D eigenvalue weighted by atomic mass is 16.5. The lowest BCUT2D eigenvalue weighted by Crippen LogP contribution is -2.63. The van der Waals surface area contributed by atoms with E-state index >= 15 is 0 Å². The van der Waals surface area contributed by atoms with E-state index in [1.165, 1.54) is 6.07 Å². The van der Waals surface area contributed by atoms with Crippen LogP contribution in [0, 0.1) is 6.92 Å². The molecule has 258 valence electrons. The number of hydrazine groups is 1. The second kappa shape index (κ2) is 17.8. The molecule has 0 aliphatic carbocycles. The molecule has 2 aliphatic heterocycles. The standard InChI is InChI=1S/C29H41N7O11/c1-17-5-2-8-22(39)24(17)28-34-20(15-47-28)26(43)32-18(10-14-37)25(42)33-19(6-4-13-35(46)16-38)29(45)36-21(7-3-11-31-36)27(44)30-12-9-23(40)41/h2,5,8,16,18-21,31,37,39,46H,3-4,6-7,9-15H2,1H3,(H,30,44)(H,32,43)(H,33,42)(H,40,41)/t18-,19+,20-,21+/m0/s1. The summed E-state index contributed by atoms with van der Waals surface area (Å²) in [5, 5.41) is 47.3. The third-order valence-electron chi connectivity index (χ3n) is 7.51. The normalized spacial score (nSPS) is 18.6. The fraction of sp³-hybridized carbons (Fsp3) is 0.552. The van der Waals surface area contributed by atoms with Crippen LogP contribution >= 0.6 is 0 Å². The van der Waals surface area contributed by atoms with Crippen molar-refractivity contribution in [2.45, 2.75) is 69.6 Å². The van der Waals surface area contributed by atoms with Crippen molar-refractivity contribution in [3.63, 3.8) is 0 Å². The summed E-state index contributed by atoms with van der Waals surface area (Å²) in [5.41, 5.74) is 3.84. The topological polar surface area (TPSA) is 260 Å². The number of aliphatic imine (C=N–C) groups is 1. The number of carbonyl (C=O) groups is 6. The molecule has 2 heterocycles. The maximum absolute atomic E-state index is 13.8. The van der Waals surface area contributed by atoms with Gasteiger partial charge in [0.2, 0.25) is 30.0 Å². The summed E-state index contributed by atoms with van der Waals surface area (Å²) < 4.78 is 5.55. The van der Waals surface area contributed by atoms with Gasteiger partial charge in [0.25, 0.3) is 5.91 Å². The Morgan fingerprint density at radius 3 is 2.62 bits per heavy atom. The summed E-state index contributed by atoms with van der Waals surface area (Å²) in [4.78, 5) is 79.1. The first-order valence-corrected chi connectivity index (χ1v) is 15.1. The number of hydrogen-bond donors (Lipinski definition) is 8. The molecule has 1 aromatic rings. The zero-order valence-electron chi connectivity index (χ0n) is 25.9. The quantitative estimate of drug-likeness (QED) is 0.0507. The van der Waals surface area contributed by atoms with Gasteiger partial charge in [0.05, 0.1) is 12.0 Å². The number of aromatic hydroxyl groups is 1. The molecule has 0 spiro atoms. The van der Waals surface area contributed by atoms with Crippen molar-refractivity contribution in [3.8, 4) is 5.75 Å². The average Bonchev–Trinajstić information content (AvgIpc) is 3.53. The van der Waals surface area contributed by atoms with Crippen LogP contribution in [0.1, 0.15) is 49.7 Å². The minimum absolute atomic E-state index is 0.0505. The van der Waals surface area contributed by atoms with Gasteiger partial charge in [-0.15, -0.1) is 0 Å². The number of nitrogens with one attached hydrogen (secondary N) is 4. The minimum atomic E-state index is -1.32. The molecule has 47 heavy (non-hydrogen) atoms. The SMILES string of the molecule is Cc1cccc(O)c1C1=N[C@H](C(=O)N[C@@H](CCO)C(=O)N[C@H](CCCN(O)C=O)C(=O)N2NCCC[C@@H]2C(=O)NCCC(=O)O)CO1. The predicted molar refractivity (Wildman–Crippen MR) is 162 cm³/mol. The van der Waals surface area contributed by atoms with E-state index in [9.17, 15) is 44.2 Å². The van der Waals surface area contributed by atoms with Gasteiger partial charge < -0.3 is 36.0 Å². The fourth-order valence-electron chi connectivity index (χ4n) is 5.07. The summed E-state index contributed by atoms with van der Waals surface area (Å²) >= 11 is 0. The summed E-state index contributed by atoms with van der Waals surface area (Å²) in [6.45, 7) is 1.06. The van der Waals surface area contributed by atoms with E-state index in [0.29, 0.717) is 29.2 Å². The van der Waals surface area contributed by atoms with E-state index < -0.39 is 60.4 Å². The number of benzene rings is 1. The van der Waals surface area contributed by atoms with Crippen molar-refractivity contribution in [1.82, 2.24) is 31.4 Å². The number of aliphatic carboxylic acids is 1. The Morgan fingerprint density at radius 1 is 1.17 bits per heavy atom. The van der Waals surface area contributed by atoms with Crippen LogP contribution < -0.4 is 21.4 Å². The van der Waals surface area contributed by atoms with Gasteiger partial charge in [-0.25, -0.2) is 15.5 Å². The van der Waals surface area contributed by atoms with Crippen molar-refractivity contribution in [3.05, 3.63) is 29.3 Å². The second-order valence-electron chi connectivity index (χ2n) is 11.0. The first-order valence-electron chi connectivity index (χ1n) is 15.1. The molecule has 1 saturated heterocycles. The number of aryl methyl sites for hydroxylation is 1. The van der Waals surface area contributed by atoms with Gasteiger partial charge in [0, 0.05) is 26.2 Å². The number of nitrogens with zero attached hydrogens (tertiary/aromatic N) is 3. The van der Waals surface area contributed by atoms with Crippen LogP contribution in [0.25, 0.3) is 0 Å². The molecule has 0 aromatic heterocycles. The number of phenols is 1. The van der Waals surface area contributed by atoms with Crippen LogP contribution in [0.3, 0.4) is 0 Å². The van der Waals surface area contributed by atoms with Crippen LogP contribution in [0.15, 0.2) is 23.2 Å². The number of carboxylic acids is 1. The monoisotopic (exact) mass is 663 g/mol. The Morgan fingerprint density at radius 2 is 1.94 bits per heavy atom. The molecule has 2 aliphatic rings. The maximum Gasteiger partial charge on any atom is 0.305 e. The van der Waals surface area contributed by atoms with Crippen molar-refractivity contribution in [2.75, 3.05) is 32.8 Å². The number of aliphatic hydroxyl groups is 1. The number of ether oxygens (including phenoxy) is 1. The van der Waals surface area contributed by atoms with Crippen molar-refractivity contribution in [2.24, 2.45) is 4.99 Å². The van der Waals surface area contributed by atoms with Crippen molar-refractivity contribution >= 4 is 41.9 Å². The van der Waals surface area contributed by atoms with E-state index in [0.717, 1.165) is 5.01 Å². The molecule has 18 nitrogen and oxygen atoms in total. The number of phenolic OH excluding ortho intramolecular Hbond substituents is 1. The number of hydrogen-bond acceptors (Lipinski definition) is 12. The van der Waals surface area contributed by atoms with Gasteiger partial charge in [-0.05, 0) is 50.7 Å². The zero-order valence-corrected chi connectivity index (χ0v) is 25.9. The number of carbonyl (C=O) groups excluding carboxylic acids is 5. The van der Waals surface area contributed by atoms with Crippen LogP contribution in [-0.4, -0.2) is 130 Å². The molecule has 3 rings (SSSR count). The van der Waals surface area contributed by atoms with Gasteiger partial charge in [-0.1, -0.05) is 12.1 Å². The predicted octanol–water partition coefficient (Wildman–Crippen LogP) is -2.09. The molecule has 0 unspecified atom stereocenters. The Balaban J connectivity index is 1.75. The van der Waals surface area contributed by atoms with E-state index in [-0.39, 0.29) is 69.9 Å². The Kier molecular flexibility index (Phi) is 13.9. The Labute approximate surface area is 270 Å². The number of carboxylic acid groups (broad SMARTS) is 1. The number of aliphatic hydroxyl groups excluding tert-OH is 1. The third-order valence-corrected chi connectivity index (χ3v) is 7.51. The largest absolute Gasteiger partial charge is 0.507 e. The summed E-state index contributed by atoms with van der Waals surface area (Å²) in [6.07, 6.45) is 0.363. The molecule has 18 heteroatoms. The highest BCUT2D eigenvalue weighted by molar-refractivity contribution is 6.02. The third kappa shape index (κ3) is 10.3. The first kappa shape index (κ1) is 36.7. The van der Waals surface area contributed by atoms with E-state index in [2.05, 4.69) is 26.4 Å². The lowest BCUT2D eigenvalue weighted by Gasteiger charge is -2.37. The molecule has 4 atom stereocenters. The van der Waals surface area contributed by atoms with Gasteiger partial charge in [0.15, 0.2) is 6.04 Å². The average molecular weight is 664 g/mol. The van der Waals surface area contributed by atoms with Crippen LogP contribution in [0.5, 0.6) is 5.75 Å². The molecule has 8 N–H and O–H groups in total. The molecular formula is C29H41N7O11. The fourth-order valence-corrected chi connectivity index (χ4v) is 5.07. The smallest absolute Gasteiger partial charge is 0.305 e. The first-order chi connectivity index (χ1) is 22.5. The van der Waals surface area contributed by atoms with Gasteiger partial charge in [-0.2, -0.15) is 0 Å². The lowest BCUT2D eigenvalue weighted by atomic mass is 10.0. The van der Waals surface area contributed by atoms with Gasteiger partial charge >= 0.3 is 5.97 Å². The van der Waals surface area contributed by atoms with E-state index in [4.69, 9.17) is 9.84 Å². The highest BCUT2D eigenvalue weighted by Gasteiger charge is 2.38. The van der Waals surface area contributed by atoms with Crippen LogP contribution in [-0.2, 0) is 33.5 Å². The Bertz CT molecular complexity index is 1320. The van der Waals surface area contributed by atoms with E-state index in [1.54, 1.807) is 19.1 Å². The maximum atomic E-state index is 13.8. The van der Waals surface area contributed by atoms with Gasteiger partial charge in [-0.3, -0.25) is 39.0 Å². The number of rotatable bonds is 17. The molecule has 1 aromatic carbocycles. The van der Waals surface area contributed by atoms with Crippen molar-refractivity contribution < 1.29 is 54.0 Å². The van der Waals surface area contributed by atoms with Crippen LogP contribution in [0.2, 0.25) is 0 Å². The molecule has 0 saturated carbocycles. The summed E-state index contributed by atoms with van der Waals surface area (Å²) in [6, 6.07) is 0.108. The second-order valence-corrected chi connectivity index (χ2v) is 11.0. The zero-order chi connectivity index (χ0) is 34.5. The minimum Gasteiger partial charge on any atom is -0.507 e. The molecule has 5 amide bonds. The summed E-state index contributed by atoms with van der Waals surface area (Å²) in [5.74, 6) is -4.00. The van der Waals surface area contributed by atoms with Crippen molar-refractivity contribution in [1.29, 1.82) is 0 Å².